The quantitative estimate of drug-likeness (QED) is 0.822. The van der Waals surface area contributed by atoms with Gasteiger partial charge in [-0.05, 0) is 59.0 Å². The molecule has 2 aromatic rings. The van der Waals surface area contributed by atoms with E-state index < -0.39 is 0 Å². The van der Waals surface area contributed by atoms with Gasteiger partial charge in [0.1, 0.15) is 5.82 Å². The van der Waals surface area contributed by atoms with Crippen molar-refractivity contribution in [3.05, 3.63) is 56.4 Å². The van der Waals surface area contributed by atoms with E-state index in [-0.39, 0.29) is 11.9 Å². The molecular formula is C16H18BrFN2S. The number of thiophene rings is 1. The van der Waals surface area contributed by atoms with Gasteiger partial charge < -0.3 is 5.73 Å². The second-order valence-corrected chi connectivity index (χ2v) is 7.09. The van der Waals surface area contributed by atoms with E-state index in [0.717, 1.165) is 16.6 Å². The van der Waals surface area contributed by atoms with Crippen molar-refractivity contribution in [2.75, 3.05) is 6.54 Å². The summed E-state index contributed by atoms with van der Waals surface area (Å²) in [5, 5.41) is 4.26. The average molecular weight is 369 g/mol. The largest absolute Gasteiger partial charge is 0.329 e. The predicted octanol–water partition coefficient (Wildman–Crippen LogP) is 4.31. The Bertz CT molecular complexity index is 598. The Labute approximate surface area is 136 Å². The topological polar surface area (TPSA) is 29.3 Å². The highest BCUT2D eigenvalue weighted by Gasteiger charge is 2.34. The zero-order valence-corrected chi connectivity index (χ0v) is 14.0. The van der Waals surface area contributed by atoms with Gasteiger partial charge >= 0.3 is 0 Å². The molecule has 1 atom stereocenters. The maximum Gasteiger partial charge on any atom is 0.123 e. The number of nitrogens with two attached hydrogens (primary N) is 1. The summed E-state index contributed by atoms with van der Waals surface area (Å²) >= 11 is 5.25. The van der Waals surface area contributed by atoms with Gasteiger partial charge in [0.15, 0.2) is 0 Å². The summed E-state index contributed by atoms with van der Waals surface area (Å²) < 4.78 is 14.5. The second-order valence-electron chi connectivity index (χ2n) is 5.45. The summed E-state index contributed by atoms with van der Waals surface area (Å²) in [5.74, 6) is -0.210. The van der Waals surface area contributed by atoms with E-state index in [2.05, 4.69) is 37.7 Å². The van der Waals surface area contributed by atoms with Crippen LogP contribution >= 0.6 is 27.3 Å². The molecule has 3 rings (SSSR count). The van der Waals surface area contributed by atoms with Gasteiger partial charge in [-0.3, -0.25) is 4.90 Å². The highest BCUT2D eigenvalue weighted by molar-refractivity contribution is 9.10. The van der Waals surface area contributed by atoms with E-state index in [1.165, 1.54) is 24.5 Å². The van der Waals surface area contributed by atoms with Crippen LogP contribution in [0.1, 0.15) is 30.0 Å². The molecule has 2 nitrogen and oxygen atoms in total. The lowest BCUT2D eigenvalue weighted by Crippen LogP contribution is -2.35. The molecule has 1 aliphatic rings. The van der Waals surface area contributed by atoms with Crippen molar-refractivity contribution < 1.29 is 4.39 Å². The maximum atomic E-state index is 13.6. The molecule has 1 heterocycles. The van der Waals surface area contributed by atoms with Gasteiger partial charge in [-0.1, -0.05) is 15.9 Å². The van der Waals surface area contributed by atoms with Crippen molar-refractivity contribution in [2.24, 2.45) is 5.73 Å². The lowest BCUT2D eigenvalue weighted by Gasteiger charge is -2.32. The summed E-state index contributed by atoms with van der Waals surface area (Å²) in [4.78, 5) is 2.42. The summed E-state index contributed by atoms with van der Waals surface area (Å²) in [6.45, 7) is 1.36. The monoisotopic (exact) mass is 368 g/mol. The van der Waals surface area contributed by atoms with Gasteiger partial charge in [-0.2, -0.15) is 11.3 Å². The van der Waals surface area contributed by atoms with E-state index in [1.54, 1.807) is 23.5 Å². The molecule has 1 aromatic carbocycles. The van der Waals surface area contributed by atoms with Crippen molar-refractivity contribution in [1.82, 2.24) is 4.90 Å². The maximum absolute atomic E-state index is 13.6. The first-order valence-corrected chi connectivity index (χ1v) is 8.84. The molecular weight excluding hydrogens is 351 g/mol. The number of benzene rings is 1. The standard InChI is InChI=1S/C16H18BrFN2S/c17-15-4-1-12(18)7-14(15)16(8-19)20(13-2-3-13)9-11-5-6-21-10-11/h1,4-7,10,13,16H,2-3,8-9,19H2. The Morgan fingerprint density at radius 1 is 1.38 bits per heavy atom. The highest BCUT2D eigenvalue weighted by Crippen LogP contribution is 2.38. The fraction of sp³-hybridized carbons (Fsp3) is 0.375. The van der Waals surface area contributed by atoms with Gasteiger partial charge in [0, 0.05) is 29.6 Å². The Kier molecular flexibility index (Phi) is 4.74. The molecule has 0 bridgehead atoms. The highest BCUT2D eigenvalue weighted by atomic mass is 79.9. The van der Waals surface area contributed by atoms with Gasteiger partial charge in [0.25, 0.3) is 0 Å². The van der Waals surface area contributed by atoms with Crippen molar-refractivity contribution in [2.45, 2.75) is 31.5 Å². The van der Waals surface area contributed by atoms with E-state index in [4.69, 9.17) is 5.73 Å². The Hall–Kier alpha value is -0.750. The summed E-state index contributed by atoms with van der Waals surface area (Å²) in [6.07, 6.45) is 2.40. The molecule has 112 valence electrons. The molecule has 1 aliphatic carbocycles. The fourth-order valence-electron chi connectivity index (χ4n) is 2.70. The van der Waals surface area contributed by atoms with Crippen LogP contribution in [-0.2, 0) is 6.54 Å². The van der Waals surface area contributed by atoms with Gasteiger partial charge in [0.2, 0.25) is 0 Å². The van der Waals surface area contributed by atoms with E-state index in [1.807, 2.05) is 0 Å². The first kappa shape index (κ1) is 15.2. The molecule has 21 heavy (non-hydrogen) atoms. The predicted molar refractivity (Wildman–Crippen MR) is 88.8 cm³/mol. The van der Waals surface area contributed by atoms with Gasteiger partial charge in [0.05, 0.1) is 0 Å². The Balaban J connectivity index is 1.89. The molecule has 1 aromatic heterocycles. The first-order valence-electron chi connectivity index (χ1n) is 7.11. The van der Waals surface area contributed by atoms with Crippen LogP contribution in [0.15, 0.2) is 39.5 Å². The minimum absolute atomic E-state index is 0.0440. The third kappa shape index (κ3) is 3.54. The van der Waals surface area contributed by atoms with Crippen molar-refractivity contribution >= 4 is 27.3 Å². The second kappa shape index (κ2) is 6.57. The smallest absolute Gasteiger partial charge is 0.123 e. The first-order chi connectivity index (χ1) is 10.2. The van der Waals surface area contributed by atoms with Crippen LogP contribution in [0.3, 0.4) is 0 Å². The van der Waals surface area contributed by atoms with Gasteiger partial charge in [-0.15, -0.1) is 0 Å². The van der Waals surface area contributed by atoms with Gasteiger partial charge in [-0.25, -0.2) is 4.39 Å². The lowest BCUT2D eigenvalue weighted by molar-refractivity contribution is 0.181. The number of halogens is 2. The molecule has 0 amide bonds. The van der Waals surface area contributed by atoms with Crippen LogP contribution < -0.4 is 5.73 Å². The molecule has 2 N–H and O–H groups in total. The molecule has 0 radical (unpaired) electrons. The molecule has 0 spiro atoms. The number of hydrogen-bond donors (Lipinski definition) is 1. The third-order valence-corrected chi connectivity index (χ3v) is 5.36. The van der Waals surface area contributed by atoms with Crippen LogP contribution in [0, 0.1) is 5.82 Å². The van der Waals surface area contributed by atoms with E-state index in [9.17, 15) is 4.39 Å². The fourth-order valence-corrected chi connectivity index (χ4v) is 3.88. The number of nitrogens with zero attached hydrogens (tertiary/aromatic N) is 1. The Morgan fingerprint density at radius 3 is 2.81 bits per heavy atom. The van der Waals surface area contributed by atoms with Crippen LogP contribution in [-0.4, -0.2) is 17.5 Å². The summed E-state index contributed by atoms with van der Waals surface area (Å²) in [6, 6.07) is 7.60. The molecule has 5 heteroatoms. The molecule has 1 saturated carbocycles. The van der Waals surface area contributed by atoms with Crippen molar-refractivity contribution in [3.63, 3.8) is 0 Å². The van der Waals surface area contributed by atoms with E-state index >= 15 is 0 Å². The summed E-state index contributed by atoms with van der Waals surface area (Å²) in [7, 11) is 0. The molecule has 0 saturated heterocycles. The third-order valence-electron chi connectivity index (χ3n) is 3.90. The van der Waals surface area contributed by atoms with Crippen LogP contribution in [0.4, 0.5) is 4.39 Å². The van der Waals surface area contributed by atoms with E-state index in [0.29, 0.717) is 12.6 Å². The minimum Gasteiger partial charge on any atom is -0.329 e. The number of hydrogen-bond acceptors (Lipinski definition) is 3. The normalized spacial score (nSPS) is 16.4. The minimum atomic E-state index is -0.210. The van der Waals surface area contributed by atoms with Crippen molar-refractivity contribution in [1.29, 1.82) is 0 Å². The molecule has 1 unspecified atom stereocenters. The van der Waals surface area contributed by atoms with Crippen LogP contribution in [0.5, 0.6) is 0 Å². The van der Waals surface area contributed by atoms with Crippen LogP contribution in [0.2, 0.25) is 0 Å². The lowest BCUT2D eigenvalue weighted by atomic mass is 10.0. The van der Waals surface area contributed by atoms with Crippen molar-refractivity contribution in [3.8, 4) is 0 Å². The SMILES string of the molecule is NCC(c1cc(F)ccc1Br)N(Cc1ccsc1)C1CC1. The zero-order chi connectivity index (χ0) is 14.8. The molecule has 0 aliphatic heterocycles. The molecule has 1 fully saturated rings. The number of rotatable bonds is 6. The summed E-state index contributed by atoms with van der Waals surface area (Å²) in [5.41, 5.74) is 8.28. The zero-order valence-electron chi connectivity index (χ0n) is 11.6. The average Bonchev–Trinajstić information content (AvgIpc) is 3.19. The Morgan fingerprint density at radius 2 is 2.19 bits per heavy atom. The van der Waals surface area contributed by atoms with Crippen LogP contribution in [0.25, 0.3) is 0 Å².